The molecule has 2 aliphatic carbocycles. The smallest absolute Gasteiger partial charge is 0.329 e. The molecule has 2 aromatic heterocycles. The fraction of sp³-hybridized carbons (Fsp3) is 0.429. The van der Waals surface area contributed by atoms with E-state index in [0.717, 1.165) is 132 Å². The lowest BCUT2D eigenvalue weighted by Crippen LogP contribution is -2.24. The normalized spacial score (nSPS) is 18.7. The van der Waals surface area contributed by atoms with Gasteiger partial charge >= 0.3 is 11.9 Å². The largest absolute Gasteiger partial charge is 0.480 e. The minimum Gasteiger partial charge on any atom is -0.480 e. The predicted octanol–water partition coefficient (Wildman–Crippen LogP) is 10.9. The van der Waals surface area contributed by atoms with Gasteiger partial charge in [0, 0.05) is 56.8 Å². The zero-order chi connectivity index (χ0) is 49.0. The lowest BCUT2D eigenvalue weighted by molar-refractivity contribution is -0.143. The summed E-state index contributed by atoms with van der Waals surface area (Å²) in [6.45, 7) is 1.48. The van der Waals surface area contributed by atoms with Crippen LogP contribution in [-0.2, 0) is 51.4 Å². The van der Waals surface area contributed by atoms with Crippen LogP contribution in [0.5, 0.6) is 0 Å². The third-order valence-corrected chi connectivity index (χ3v) is 14.6. The highest BCUT2D eigenvalue weighted by atomic mass is 35.5. The van der Waals surface area contributed by atoms with Gasteiger partial charge in [-0.15, -0.1) is 0 Å². The molecule has 0 saturated heterocycles. The van der Waals surface area contributed by atoms with Crippen LogP contribution < -0.4 is 0 Å². The van der Waals surface area contributed by atoms with Crippen LogP contribution in [0.2, 0.25) is 10.0 Å². The Kier molecular flexibility index (Phi) is 18.0. The monoisotopic (exact) mass is 990 g/mol. The molecule has 2 aliphatic rings. The average molecular weight is 992 g/mol. The Morgan fingerprint density at radius 1 is 0.571 bits per heavy atom. The number of carboxylic acids is 2. The number of aliphatic hydroxyl groups is 2. The van der Waals surface area contributed by atoms with E-state index >= 15 is 0 Å². The Balaban J connectivity index is 1.12. The first-order valence-corrected chi connectivity index (χ1v) is 25.5. The van der Waals surface area contributed by atoms with Gasteiger partial charge in [-0.2, -0.15) is 10.2 Å². The van der Waals surface area contributed by atoms with Crippen LogP contribution in [0.25, 0.3) is 44.8 Å². The summed E-state index contributed by atoms with van der Waals surface area (Å²) in [4.78, 5) is 22.1. The molecule has 14 heteroatoms. The van der Waals surface area contributed by atoms with Gasteiger partial charge in [-0.1, -0.05) is 96.0 Å². The van der Waals surface area contributed by atoms with Crippen molar-refractivity contribution in [1.29, 1.82) is 0 Å². The van der Waals surface area contributed by atoms with Crippen LogP contribution in [0.1, 0.15) is 74.7 Å². The molecular formula is C56H64Cl2N4O8. The van der Waals surface area contributed by atoms with Crippen LogP contribution in [0.15, 0.2) is 103 Å². The van der Waals surface area contributed by atoms with Crippen molar-refractivity contribution in [2.75, 3.05) is 33.0 Å². The Bertz CT molecular complexity index is 2650. The predicted molar refractivity (Wildman–Crippen MR) is 273 cm³/mol. The van der Waals surface area contributed by atoms with E-state index in [0.29, 0.717) is 66.3 Å². The zero-order valence-electron chi connectivity index (χ0n) is 39.6. The molecule has 8 rings (SSSR count). The van der Waals surface area contributed by atoms with Gasteiger partial charge in [-0.25, -0.2) is 9.59 Å². The van der Waals surface area contributed by atoms with Crippen LogP contribution in [-0.4, -0.2) is 91.1 Å². The Morgan fingerprint density at radius 2 is 1.09 bits per heavy atom. The molecule has 4 N–H and O–H groups in total. The van der Waals surface area contributed by atoms with E-state index in [1.54, 1.807) is 0 Å². The van der Waals surface area contributed by atoms with E-state index < -0.39 is 18.0 Å². The number of halogens is 2. The molecule has 370 valence electrons. The number of carbonyl (C=O) groups is 2. The highest BCUT2D eigenvalue weighted by molar-refractivity contribution is 6.31. The number of nitrogens with zero attached hydrogens (tertiary/aromatic N) is 4. The van der Waals surface area contributed by atoms with Crippen molar-refractivity contribution in [3.63, 3.8) is 0 Å². The number of aromatic nitrogens is 4. The summed E-state index contributed by atoms with van der Waals surface area (Å²) in [5.41, 5.74) is 11.1. The molecule has 2 saturated carbocycles. The molecule has 0 spiro atoms. The summed E-state index contributed by atoms with van der Waals surface area (Å²) < 4.78 is 15.3. The van der Waals surface area contributed by atoms with Gasteiger partial charge in [-0.3, -0.25) is 9.36 Å². The maximum atomic E-state index is 11.1. The molecule has 0 amide bonds. The van der Waals surface area contributed by atoms with Gasteiger partial charge < -0.3 is 29.9 Å². The first-order chi connectivity index (χ1) is 34.0. The number of aryl methyl sites for hydroxylation is 1. The summed E-state index contributed by atoms with van der Waals surface area (Å²) in [6, 6.07) is 34.8. The topological polar surface area (TPSA) is 169 Å². The van der Waals surface area contributed by atoms with E-state index in [1.807, 2.05) is 48.5 Å². The van der Waals surface area contributed by atoms with Crippen LogP contribution >= 0.6 is 23.2 Å². The Morgan fingerprint density at radius 3 is 1.66 bits per heavy atom. The third kappa shape index (κ3) is 13.5. The van der Waals surface area contributed by atoms with Crippen LogP contribution in [0, 0.1) is 23.7 Å². The molecule has 0 radical (unpaired) electrons. The number of aliphatic carboxylic acids is 2. The molecule has 6 aromatic rings. The average Bonchev–Trinajstić information content (AvgIpc) is 3.91. The van der Waals surface area contributed by atoms with E-state index in [-0.39, 0.29) is 19.8 Å². The molecule has 2 fully saturated rings. The number of carboxylic acid groups (broad SMARTS) is 2. The van der Waals surface area contributed by atoms with Crippen molar-refractivity contribution in [2.45, 2.75) is 96.2 Å². The van der Waals surface area contributed by atoms with Gasteiger partial charge in [0.05, 0.1) is 25.9 Å². The Hall–Kier alpha value is -5.34. The summed E-state index contributed by atoms with van der Waals surface area (Å²) in [7, 11) is 0. The summed E-state index contributed by atoms with van der Waals surface area (Å²) in [6.07, 6.45) is 9.21. The fourth-order valence-electron chi connectivity index (χ4n) is 10.5. The van der Waals surface area contributed by atoms with E-state index in [4.69, 9.17) is 53.1 Å². The number of benzene rings is 4. The summed E-state index contributed by atoms with van der Waals surface area (Å²) in [5, 5.41) is 50.8. The second-order valence-electron chi connectivity index (χ2n) is 19.3. The number of rotatable bonds is 23. The maximum Gasteiger partial charge on any atom is 0.329 e. The van der Waals surface area contributed by atoms with Crippen molar-refractivity contribution in [3.8, 4) is 44.8 Å². The van der Waals surface area contributed by atoms with Crippen molar-refractivity contribution in [3.05, 3.63) is 130 Å². The van der Waals surface area contributed by atoms with Gasteiger partial charge in [-0.05, 0) is 148 Å². The third-order valence-electron chi connectivity index (χ3n) is 14.1. The number of hydrogen-bond donors (Lipinski definition) is 4. The lowest BCUT2D eigenvalue weighted by Gasteiger charge is -2.28. The lowest BCUT2D eigenvalue weighted by atomic mass is 9.82. The molecule has 4 aromatic carbocycles. The van der Waals surface area contributed by atoms with Gasteiger partial charge in [0.15, 0.2) is 0 Å². The van der Waals surface area contributed by atoms with Crippen molar-refractivity contribution in [2.24, 2.45) is 23.7 Å². The van der Waals surface area contributed by atoms with Crippen LogP contribution in [0.4, 0.5) is 0 Å². The summed E-state index contributed by atoms with van der Waals surface area (Å²) in [5.74, 6) is -0.489. The molecule has 70 heavy (non-hydrogen) atoms. The minimum absolute atomic E-state index is 0.266. The van der Waals surface area contributed by atoms with E-state index in [1.165, 1.54) is 0 Å². The quantitative estimate of drug-likeness (QED) is 0.0485. The highest BCUT2D eigenvalue weighted by Gasteiger charge is 2.29. The maximum absolute atomic E-state index is 11.1. The first-order valence-electron chi connectivity index (χ1n) is 24.7. The van der Waals surface area contributed by atoms with Crippen LogP contribution in [0.3, 0.4) is 0 Å². The standard InChI is InChI=1S/C56H64Cl2N4O8/c57-46-23-21-43(22-24-46)55-53(42-7-2-1-3-8-42)49(61(59-55)30-38-12-16-40(17-13-38)33-69-35-51(65)66)26-20-37-6-4-10-45(28-37)56-54(44-9-5-11-47(58)29-44)50(27-25-48(64)32-63)62(60-56)31-39-14-18-41(19-15-39)34-70-36-52(67)68/h1-11,21-24,28-29,38-41,48,63-64H,12-20,25-27,30-36H2,(H,65,66)(H,67,68). The highest BCUT2D eigenvalue weighted by Crippen LogP contribution is 2.41. The molecule has 12 nitrogen and oxygen atoms in total. The van der Waals surface area contributed by atoms with Crippen molar-refractivity contribution >= 4 is 35.1 Å². The van der Waals surface area contributed by atoms with Gasteiger partial charge in [0.2, 0.25) is 0 Å². The number of aliphatic hydroxyl groups excluding tert-OH is 2. The SMILES string of the molecule is O=C(O)COCC1CCC(Cn2nc(-c3ccc(Cl)cc3)c(-c3ccccc3)c2CCc2cccc(-c3nn(CC4CCC(COCC(=O)O)CC4)c(CCC(O)CO)c3-c3cccc(Cl)c3)c2)CC1. The molecule has 0 aliphatic heterocycles. The van der Waals surface area contributed by atoms with E-state index in [2.05, 4.69) is 64.0 Å². The number of ether oxygens (including phenoxy) is 2. The van der Waals surface area contributed by atoms with Crippen molar-refractivity contribution < 1.29 is 39.5 Å². The zero-order valence-corrected chi connectivity index (χ0v) is 41.1. The van der Waals surface area contributed by atoms with Gasteiger partial charge in [0.25, 0.3) is 0 Å². The van der Waals surface area contributed by atoms with Gasteiger partial charge in [0.1, 0.15) is 24.6 Å². The Labute approximate surface area is 420 Å². The summed E-state index contributed by atoms with van der Waals surface area (Å²) >= 11 is 13.1. The molecular weight excluding hydrogens is 928 g/mol. The molecule has 1 unspecified atom stereocenters. The number of hydrogen-bond acceptors (Lipinski definition) is 8. The second kappa shape index (κ2) is 24.7. The molecule has 1 atom stereocenters. The first kappa shape index (κ1) is 51.0. The second-order valence-corrected chi connectivity index (χ2v) is 20.1. The molecule has 0 bridgehead atoms. The minimum atomic E-state index is -0.957. The van der Waals surface area contributed by atoms with Crippen molar-refractivity contribution in [1.82, 2.24) is 19.6 Å². The fourth-order valence-corrected chi connectivity index (χ4v) is 10.8. The van der Waals surface area contributed by atoms with E-state index in [9.17, 15) is 19.8 Å². The molecule has 2 heterocycles.